The number of carbonyl (C=O) groups excluding carboxylic acids is 2. The number of hydrogen-bond acceptors (Lipinski definition) is 3. The second-order valence-corrected chi connectivity index (χ2v) is 8.61. The van der Waals surface area contributed by atoms with Gasteiger partial charge < -0.3 is 16.4 Å². The molecule has 158 valence electrons. The van der Waals surface area contributed by atoms with Crippen molar-refractivity contribution in [2.45, 2.75) is 102 Å². The largest absolute Gasteiger partial charge is 0.354 e. The Bertz CT molecular complexity index is 454. The zero-order valence-corrected chi connectivity index (χ0v) is 18.0. The van der Waals surface area contributed by atoms with Gasteiger partial charge in [-0.25, -0.2) is 0 Å². The molecule has 2 fully saturated rings. The summed E-state index contributed by atoms with van der Waals surface area (Å²) >= 11 is 0. The topological polar surface area (TPSA) is 84.2 Å². The summed E-state index contributed by atoms with van der Waals surface area (Å²) in [6.45, 7) is 4.69. The molecular formula is C21H40ClN3O2. The standard InChI is InChI=1S/C21H39N3O2.ClH/c1-3-21(22,4-2)15-23-20(26)17-10-12-18(13-11-17)24-19(25)14-16-8-6-5-7-9-16;/h16-18H,3-15,22H2,1-2H3,(H,23,26)(H,24,25);1H. The molecule has 4 N–H and O–H groups in total. The average Bonchev–Trinajstić information content (AvgIpc) is 2.67. The zero-order chi connectivity index (χ0) is 19.0. The van der Waals surface area contributed by atoms with Crippen LogP contribution in [0.25, 0.3) is 0 Å². The Morgan fingerprint density at radius 1 is 0.963 bits per heavy atom. The maximum Gasteiger partial charge on any atom is 0.223 e. The minimum Gasteiger partial charge on any atom is -0.354 e. The van der Waals surface area contributed by atoms with E-state index in [2.05, 4.69) is 24.5 Å². The number of hydrogen-bond donors (Lipinski definition) is 3. The Morgan fingerprint density at radius 2 is 1.56 bits per heavy atom. The van der Waals surface area contributed by atoms with Crippen LogP contribution in [0.2, 0.25) is 0 Å². The fraction of sp³-hybridized carbons (Fsp3) is 0.905. The lowest BCUT2D eigenvalue weighted by Gasteiger charge is -2.31. The zero-order valence-electron chi connectivity index (χ0n) is 17.2. The summed E-state index contributed by atoms with van der Waals surface area (Å²) in [5.41, 5.74) is 5.97. The Hall–Kier alpha value is -0.810. The van der Waals surface area contributed by atoms with Crippen LogP contribution in [0.15, 0.2) is 0 Å². The summed E-state index contributed by atoms with van der Waals surface area (Å²) < 4.78 is 0. The highest BCUT2D eigenvalue weighted by molar-refractivity contribution is 5.85. The predicted molar refractivity (Wildman–Crippen MR) is 113 cm³/mol. The Labute approximate surface area is 171 Å². The highest BCUT2D eigenvalue weighted by atomic mass is 35.5. The van der Waals surface area contributed by atoms with Crippen LogP contribution >= 0.6 is 12.4 Å². The van der Waals surface area contributed by atoms with Crippen molar-refractivity contribution < 1.29 is 9.59 Å². The van der Waals surface area contributed by atoms with E-state index in [1.54, 1.807) is 0 Å². The molecule has 6 heteroatoms. The maximum absolute atomic E-state index is 12.4. The predicted octanol–water partition coefficient (Wildman–Crippen LogP) is 3.69. The fourth-order valence-corrected chi connectivity index (χ4v) is 4.35. The first-order chi connectivity index (χ1) is 12.5. The Morgan fingerprint density at radius 3 is 2.11 bits per heavy atom. The van der Waals surface area contributed by atoms with E-state index in [1.165, 1.54) is 32.1 Å². The van der Waals surface area contributed by atoms with Crippen molar-refractivity contribution in [3.63, 3.8) is 0 Å². The van der Waals surface area contributed by atoms with Crippen LogP contribution in [0.4, 0.5) is 0 Å². The van der Waals surface area contributed by atoms with Crippen LogP contribution in [0, 0.1) is 11.8 Å². The Kier molecular flexibility index (Phi) is 10.7. The molecule has 0 radical (unpaired) electrons. The van der Waals surface area contributed by atoms with E-state index in [9.17, 15) is 9.59 Å². The molecule has 0 aromatic rings. The van der Waals surface area contributed by atoms with Crippen molar-refractivity contribution in [1.29, 1.82) is 0 Å². The van der Waals surface area contributed by atoms with E-state index in [4.69, 9.17) is 5.73 Å². The van der Waals surface area contributed by atoms with E-state index in [0.29, 0.717) is 18.9 Å². The third-order valence-corrected chi connectivity index (χ3v) is 6.68. The lowest BCUT2D eigenvalue weighted by atomic mass is 9.84. The number of nitrogens with two attached hydrogens (primary N) is 1. The summed E-state index contributed by atoms with van der Waals surface area (Å²) in [5, 5.41) is 6.26. The molecule has 0 aromatic carbocycles. The van der Waals surface area contributed by atoms with Crippen LogP contribution in [-0.2, 0) is 9.59 Å². The van der Waals surface area contributed by atoms with Crippen molar-refractivity contribution >= 4 is 24.2 Å². The Balaban J connectivity index is 0.00000364. The quantitative estimate of drug-likeness (QED) is 0.579. The van der Waals surface area contributed by atoms with Gasteiger partial charge in [0.1, 0.15) is 0 Å². The monoisotopic (exact) mass is 401 g/mol. The minimum atomic E-state index is -0.292. The van der Waals surface area contributed by atoms with E-state index in [1.807, 2.05) is 0 Å². The summed E-state index contributed by atoms with van der Waals surface area (Å²) in [5.74, 6) is 0.997. The van der Waals surface area contributed by atoms with Crippen LogP contribution < -0.4 is 16.4 Å². The molecule has 5 nitrogen and oxygen atoms in total. The number of rotatable bonds is 8. The van der Waals surface area contributed by atoms with Gasteiger partial charge in [0.05, 0.1) is 0 Å². The van der Waals surface area contributed by atoms with Crippen molar-refractivity contribution in [3.05, 3.63) is 0 Å². The van der Waals surface area contributed by atoms with Crippen LogP contribution in [0.5, 0.6) is 0 Å². The molecule has 27 heavy (non-hydrogen) atoms. The number of halogens is 1. The summed E-state index contributed by atoms with van der Waals surface area (Å²) in [4.78, 5) is 24.7. The van der Waals surface area contributed by atoms with Crippen LogP contribution in [-0.4, -0.2) is 29.9 Å². The third-order valence-electron chi connectivity index (χ3n) is 6.68. The second-order valence-electron chi connectivity index (χ2n) is 8.61. The molecule has 0 heterocycles. The van der Waals surface area contributed by atoms with E-state index in [0.717, 1.165) is 38.5 Å². The fourth-order valence-electron chi connectivity index (χ4n) is 4.35. The van der Waals surface area contributed by atoms with Gasteiger partial charge in [0.25, 0.3) is 0 Å². The first-order valence-corrected chi connectivity index (χ1v) is 10.8. The molecule has 0 saturated heterocycles. The van der Waals surface area contributed by atoms with Crippen LogP contribution in [0.3, 0.4) is 0 Å². The summed E-state index contributed by atoms with van der Waals surface area (Å²) in [7, 11) is 0. The first-order valence-electron chi connectivity index (χ1n) is 10.8. The molecule has 2 aliphatic carbocycles. The van der Waals surface area contributed by atoms with Crippen LogP contribution in [0.1, 0.15) is 90.9 Å². The van der Waals surface area contributed by atoms with E-state index < -0.39 is 0 Å². The molecule has 2 saturated carbocycles. The summed E-state index contributed by atoms with van der Waals surface area (Å²) in [6, 6.07) is 0.245. The molecule has 2 aliphatic rings. The van der Waals surface area contributed by atoms with Gasteiger partial charge in [-0.3, -0.25) is 9.59 Å². The van der Waals surface area contributed by atoms with E-state index in [-0.39, 0.29) is 41.7 Å². The normalized spacial score (nSPS) is 24.0. The summed E-state index contributed by atoms with van der Waals surface area (Å²) in [6.07, 6.45) is 12.2. The molecule has 2 amide bonds. The molecule has 0 aliphatic heterocycles. The molecule has 0 unspecified atom stereocenters. The molecule has 0 aromatic heterocycles. The highest BCUT2D eigenvalue weighted by Gasteiger charge is 2.29. The molecule has 0 bridgehead atoms. The van der Waals surface area contributed by atoms with Gasteiger partial charge >= 0.3 is 0 Å². The van der Waals surface area contributed by atoms with Gasteiger partial charge in [0, 0.05) is 30.5 Å². The van der Waals surface area contributed by atoms with Gasteiger partial charge in [-0.05, 0) is 57.3 Å². The molecular weight excluding hydrogens is 362 g/mol. The first kappa shape index (κ1) is 24.2. The van der Waals surface area contributed by atoms with Gasteiger partial charge in [0.2, 0.25) is 11.8 Å². The lowest BCUT2D eigenvalue weighted by Crippen LogP contribution is -2.50. The molecule has 0 atom stereocenters. The smallest absolute Gasteiger partial charge is 0.223 e. The average molecular weight is 402 g/mol. The molecule has 0 spiro atoms. The van der Waals surface area contributed by atoms with Crippen molar-refractivity contribution in [2.75, 3.05) is 6.54 Å². The van der Waals surface area contributed by atoms with Crippen molar-refractivity contribution in [3.8, 4) is 0 Å². The van der Waals surface area contributed by atoms with Gasteiger partial charge in [0.15, 0.2) is 0 Å². The van der Waals surface area contributed by atoms with Gasteiger partial charge in [-0.1, -0.05) is 33.1 Å². The minimum absolute atomic E-state index is 0. The SMILES string of the molecule is CCC(N)(CC)CNC(=O)C1CCC(NC(=O)CC2CCCCC2)CC1.Cl. The number of carbonyl (C=O) groups is 2. The number of nitrogens with one attached hydrogen (secondary N) is 2. The third kappa shape index (κ3) is 7.98. The highest BCUT2D eigenvalue weighted by Crippen LogP contribution is 2.28. The molecule has 2 rings (SSSR count). The van der Waals surface area contributed by atoms with Crippen molar-refractivity contribution in [2.24, 2.45) is 17.6 Å². The van der Waals surface area contributed by atoms with Crippen molar-refractivity contribution in [1.82, 2.24) is 10.6 Å². The second kappa shape index (κ2) is 11.9. The number of amides is 2. The van der Waals surface area contributed by atoms with E-state index >= 15 is 0 Å². The maximum atomic E-state index is 12.4. The van der Waals surface area contributed by atoms with Gasteiger partial charge in [-0.2, -0.15) is 0 Å². The lowest BCUT2D eigenvalue weighted by molar-refractivity contribution is -0.126. The van der Waals surface area contributed by atoms with Gasteiger partial charge in [-0.15, -0.1) is 12.4 Å².